The predicted molar refractivity (Wildman–Crippen MR) is 92.4 cm³/mol. The van der Waals surface area contributed by atoms with E-state index < -0.39 is 5.97 Å². The van der Waals surface area contributed by atoms with Crippen molar-refractivity contribution in [3.63, 3.8) is 0 Å². The summed E-state index contributed by atoms with van der Waals surface area (Å²) in [6.07, 6.45) is 1.50. The molecule has 1 N–H and O–H groups in total. The Morgan fingerprint density at radius 3 is 2.65 bits per heavy atom. The minimum Gasteiger partial charge on any atom is -0.451 e. The second-order valence-corrected chi connectivity index (χ2v) is 6.53. The minimum atomic E-state index is -0.606. The van der Waals surface area contributed by atoms with E-state index in [0.29, 0.717) is 6.54 Å². The topological polar surface area (TPSA) is 68.3 Å². The minimum absolute atomic E-state index is 0.186. The van der Waals surface area contributed by atoms with Gasteiger partial charge in [-0.3, -0.25) is 4.79 Å². The highest BCUT2D eigenvalue weighted by molar-refractivity contribution is 9.10. The van der Waals surface area contributed by atoms with E-state index in [9.17, 15) is 9.59 Å². The van der Waals surface area contributed by atoms with Crippen molar-refractivity contribution in [2.75, 3.05) is 18.9 Å². The van der Waals surface area contributed by atoms with Crippen LogP contribution in [0.2, 0.25) is 0 Å². The molecule has 0 fully saturated rings. The third-order valence-electron chi connectivity index (χ3n) is 2.71. The number of benzene rings is 1. The molecule has 0 radical (unpaired) electrons. The molecule has 0 aliphatic carbocycles. The van der Waals surface area contributed by atoms with Crippen molar-refractivity contribution < 1.29 is 14.3 Å². The highest BCUT2D eigenvalue weighted by Gasteiger charge is 2.10. The Hall–Kier alpha value is -1.86. The van der Waals surface area contributed by atoms with Gasteiger partial charge in [-0.25, -0.2) is 9.78 Å². The van der Waals surface area contributed by atoms with Gasteiger partial charge in [0, 0.05) is 27.9 Å². The Morgan fingerprint density at radius 2 is 1.96 bits per heavy atom. The zero-order valence-electron chi connectivity index (χ0n) is 12.2. The molecule has 5 nitrogen and oxygen atoms in total. The third kappa shape index (κ3) is 6.42. The summed E-state index contributed by atoms with van der Waals surface area (Å²) in [6.45, 7) is 0.194. The summed E-state index contributed by atoms with van der Waals surface area (Å²) in [4.78, 5) is 28.2. The van der Waals surface area contributed by atoms with Crippen LogP contribution in [0.3, 0.4) is 0 Å². The maximum Gasteiger partial charge on any atom is 0.357 e. The summed E-state index contributed by atoms with van der Waals surface area (Å²) in [5, 5.41) is 2.70. The number of esters is 1. The normalized spacial score (nSPS) is 10.1. The summed E-state index contributed by atoms with van der Waals surface area (Å²) in [7, 11) is 0. The standard InChI is InChI=1S/C16H15BrN2O3S/c17-12-4-6-13(7-5-12)23-10-9-19-15(20)11-22-16(21)14-3-1-2-8-18-14/h1-8H,9-11H2,(H,19,20). The van der Waals surface area contributed by atoms with Crippen molar-refractivity contribution >= 4 is 39.6 Å². The van der Waals surface area contributed by atoms with Gasteiger partial charge < -0.3 is 10.1 Å². The first kappa shape index (κ1) is 17.5. The second-order valence-electron chi connectivity index (χ2n) is 4.44. The number of aromatic nitrogens is 1. The maximum atomic E-state index is 11.6. The summed E-state index contributed by atoms with van der Waals surface area (Å²) in [5.74, 6) is -0.197. The number of amides is 1. The van der Waals surface area contributed by atoms with Crippen molar-refractivity contribution in [2.45, 2.75) is 4.90 Å². The van der Waals surface area contributed by atoms with Crippen LogP contribution in [0.4, 0.5) is 0 Å². The first-order valence-corrected chi connectivity index (χ1v) is 8.66. The van der Waals surface area contributed by atoms with Crippen LogP contribution in [-0.4, -0.2) is 35.8 Å². The largest absolute Gasteiger partial charge is 0.451 e. The van der Waals surface area contributed by atoms with Gasteiger partial charge >= 0.3 is 5.97 Å². The van der Waals surface area contributed by atoms with E-state index in [1.807, 2.05) is 24.3 Å². The molecule has 0 bridgehead atoms. The highest BCUT2D eigenvalue weighted by atomic mass is 79.9. The van der Waals surface area contributed by atoms with Crippen molar-refractivity contribution in [1.82, 2.24) is 10.3 Å². The highest BCUT2D eigenvalue weighted by Crippen LogP contribution is 2.19. The number of rotatable bonds is 7. The monoisotopic (exact) mass is 394 g/mol. The van der Waals surface area contributed by atoms with E-state index in [-0.39, 0.29) is 18.2 Å². The summed E-state index contributed by atoms with van der Waals surface area (Å²) >= 11 is 5.02. The molecule has 0 saturated carbocycles. The molecule has 0 unspecified atom stereocenters. The fraction of sp³-hybridized carbons (Fsp3) is 0.188. The van der Waals surface area contributed by atoms with Crippen LogP contribution in [0, 0.1) is 0 Å². The lowest BCUT2D eigenvalue weighted by Crippen LogP contribution is -2.30. The number of carbonyl (C=O) groups is 2. The average Bonchev–Trinajstić information content (AvgIpc) is 2.59. The molecule has 0 spiro atoms. The summed E-state index contributed by atoms with van der Waals surface area (Å²) < 4.78 is 5.93. The SMILES string of the molecule is O=C(COC(=O)c1ccccn1)NCCSc1ccc(Br)cc1. The maximum absolute atomic E-state index is 11.6. The van der Waals surface area contributed by atoms with Crippen molar-refractivity contribution in [3.05, 3.63) is 58.8 Å². The van der Waals surface area contributed by atoms with E-state index in [0.717, 1.165) is 15.1 Å². The molecule has 0 atom stereocenters. The number of carbonyl (C=O) groups excluding carboxylic acids is 2. The lowest BCUT2D eigenvalue weighted by Gasteiger charge is -2.06. The van der Waals surface area contributed by atoms with Crippen LogP contribution in [0.1, 0.15) is 10.5 Å². The number of thioether (sulfide) groups is 1. The molecule has 120 valence electrons. The van der Waals surface area contributed by atoms with E-state index >= 15 is 0 Å². The number of hydrogen-bond acceptors (Lipinski definition) is 5. The quantitative estimate of drug-likeness (QED) is 0.444. The van der Waals surface area contributed by atoms with Crippen LogP contribution >= 0.6 is 27.7 Å². The molecule has 23 heavy (non-hydrogen) atoms. The van der Waals surface area contributed by atoms with E-state index in [2.05, 4.69) is 26.2 Å². The molecule has 0 aliphatic heterocycles. The van der Waals surface area contributed by atoms with Crippen molar-refractivity contribution in [1.29, 1.82) is 0 Å². The van der Waals surface area contributed by atoms with Gasteiger partial charge in [0.1, 0.15) is 5.69 Å². The molecule has 2 rings (SSSR count). The molecular formula is C16H15BrN2O3S. The Morgan fingerprint density at radius 1 is 1.17 bits per heavy atom. The number of nitrogens with zero attached hydrogens (tertiary/aromatic N) is 1. The van der Waals surface area contributed by atoms with Gasteiger partial charge in [-0.15, -0.1) is 11.8 Å². The Balaban J connectivity index is 1.62. The van der Waals surface area contributed by atoms with Crippen LogP contribution in [0.15, 0.2) is 58.0 Å². The lowest BCUT2D eigenvalue weighted by atomic mass is 10.3. The van der Waals surface area contributed by atoms with Crippen LogP contribution < -0.4 is 5.32 Å². The molecule has 1 aromatic carbocycles. The van der Waals surface area contributed by atoms with E-state index in [1.165, 1.54) is 12.3 Å². The zero-order chi connectivity index (χ0) is 16.5. The molecule has 2 aromatic rings. The first-order valence-electron chi connectivity index (χ1n) is 6.88. The molecule has 0 aliphatic rings. The molecule has 1 amide bonds. The van der Waals surface area contributed by atoms with Gasteiger partial charge in [-0.05, 0) is 36.4 Å². The number of ether oxygens (including phenoxy) is 1. The van der Waals surface area contributed by atoms with Crippen molar-refractivity contribution in [2.24, 2.45) is 0 Å². The zero-order valence-corrected chi connectivity index (χ0v) is 14.6. The number of hydrogen-bond donors (Lipinski definition) is 1. The van der Waals surface area contributed by atoms with Gasteiger partial charge in [0.2, 0.25) is 0 Å². The average molecular weight is 395 g/mol. The van der Waals surface area contributed by atoms with Crippen molar-refractivity contribution in [3.8, 4) is 0 Å². The predicted octanol–water partition coefficient (Wildman–Crippen LogP) is 2.91. The summed E-state index contributed by atoms with van der Waals surface area (Å²) in [6, 6.07) is 12.9. The van der Waals surface area contributed by atoms with Crippen LogP contribution in [0.5, 0.6) is 0 Å². The number of nitrogens with one attached hydrogen (secondary N) is 1. The molecule has 7 heteroatoms. The Kier molecular flexibility index (Phi) is 7.09. The lowest BCUT2D eigenvalue weighted by molar-refractivity contribution is -0.124. The number of pyridine rings is 1. The number of halogens is 1. The fourth-order valence-electron chi connectivity index (χ4n) is 1.63. The van der Waals surface area contributed by atoms with Gasteiger partial charge in [-0.2, -0.15) is 0 Å². The van der Waals surface area contributed by atoms with E-state index in [4.69, 9.17) is 4.74 Å². The third-order valence-corrected chi connectivity index (χ3v) is 4.26. The van der Waals surface area contributed by atoms with Gasteiger partial charge in [0.25, 0.3) is 5.91 Å². The molecular weight excluding hydrogens is 380 g/mol. The molecule has 1 heterocycles. The summed E-state index contributed by atoms with van der Waals surface area (Å²) in [5.41, 5.74) is 0.186. The second kappa shape index (κ2) is 9.32. The van der Waals surface area contributed by atoms with Gasteiger partial charge in [-0.1, -0.05) is 22.0 Å². The first-order chi connectivity index (χ1) is 11.1. The Labute approximate surface area is 147 Å². The molecule has 0 saturated heterocycles. The fourth-order valence-corrected chi connectivity index (χ4v) is 2.66. The van der Waals surface area contributed by atoms with Crippen LogP contribution in [0.25, 0.3) is 0 Å². The van der Waals surface area contributed by atoms with E-state index in [1.54, 1.807) is 23.9 Å². The molecule has 1 aromatic heterocycles. The van der Waals surface area contributed by atoms with Gasteiger partial charge in [0.05, 0.1) is 0 Å². The van der Waals surface area contributed by atoms with Crippen LogP contribution in [-0.2, 0) is 9.53 Å². The smallest absolute Gasteiger partial charge is 0.357 e. The Bertz CT molecular complexity index is 650. The van der Waals surface area contributed by atoms with Gasteiger partial charge in [0.15, 0.2) is 6.61 Å².